The summed E-state index contributed by atoms with van der Waals surface area (Å²) in [6, 6.07) is 4.88. The fourth-order valence-electron chi connectivity index (χ4n) is 3.59. The Bertz CT molecular complexity index is 984. The zero-order valence-electron chi connectivity index (χ0n) is 17.7. The highest BCUT2D eigenvalue weighted by Gasteiger charge is 2.26. The lowest BCUT2D eigenvalue weighted by atomic mass is 9.94. The maximum atomic E-state index is 13.1. The quantitative estimate of drug-likeness (QED) is 0.389. The molecule has 0 unspecified atom stereocenters. The first-order valence-electron chi connectivity index (χ1n) is 9.97. The largest absolute Gasteiger partial charge is 0.481 e. The van der Waals surface area contributed by atoms with Gasteiger partial charge in [0, 0.05) is 31.3 Å². The van der Waals surface area contributed by atoms with Gasteiger partial charge < -0.3 is 15.3 Å². The summed E-state index contributed by atoms with van der Waals surface area (Å²) in [4.78, 5) is 42.9. The van der Waals surface area contributed by atoms with E-state index < -0.39 is 12.0 Å². The second kappa shape index (κ2) is 10.1. The highest BCUT2D eigenvalue weighted by molar-refractivity contribution is 8.00. The van der Waals surface area contributed by atoms with Gasteiger partial charge in [0.05, 0.1) is 22.0 Å². The number of aliphatic carboxylic acids is 1. The van der Waals surface area contributed by atoms with E-state index in [-0.39, 0.29) is 18.1 Å². The van der Waals surface area contributed by atoms with Crippen LogP contribution in [0.3, 0.4) is 0 Å². The standard InChI is InChI=1S/C21H26N4O4S2/c1-25(2)13-8-9-15(14(10-13)18(28)12-6-4-5-7-12)22-20(29)24-21-23-16(11-17(26)27)19(30-3)31-21/h8-10,12H,4-7,11H2,1-3H3,(H,26,27)(H2,22,23,24,29). The minimum atomic E-state index is -0.979. The summed E-state index contributed by atoms with van der Waals surface area (Å²) in [6.45, 7) is 0. The maximum Gasteiger partial charge on any atom is 0.325 e. The SMILES string of the molecule is CSc1sc(NC(=O)Nc2ccc(N(C)C)cc2C(=O)C2CCCC2)nc1CC(=O)O. The molecule has 2 amide bonds. The van der Waals surface area contributed by atoms with Crippen LogP contribution in [0, 0.1) is 5.92 Å². The van der Waals surface area contributed by atoms with Gasteiger partial charge in [0.15, 0.2) is 10.9 Å². The molecule has 0 atom stereocenters. The van der Waals surface area contributed by atoms with Crippen LogP contribution < -0.4 is 15.5 Å². The first-order chi connectivity index (χ1) is 14.8. The molecule has 0 bridgehead atoms. The average molecular weight is 463 g/mol. The fourth-order valence-corrected chi connectivity index (χ4v) is 5.22. The summed E-state index contributed by atoms with van der Waals surface area (Å²) in [5.41, 5.74) is 2.26. The van der Waals surface area contributed by atoms with Crippen molar-refractivity contribution in [3.8, 4) is 0 Å². The number of carboxylic acids is 1. The van der Waals surface area contributed by atoms with E-state index in [1.54, 1.807) is 6.07 Å². The van der Waals surface area contributed by atoms with Crippen LogP contribution >= 0.6 is 23.1 Å². The normalized spacial score (nSPS) is 13.8. The van der Waals surface area contributed by atoms with E-state index >= 15 is 0 Å². The summed E-state index contributed by atoms with van der Waals surface area (Å²) in [5.74, 6) is -0.936. The Kier molecular flexibility index (Phi) is 7.55. The smallest absolute Gasteiger partial charge is 0.325 e. The maximum absolute atomic E-state index is 13.1. The molecular formula is C21H26N4O4S2. The Morgan fingerprint density at radius 1 is 1.23 bits per heavy atom. The van der Waals surface area contributed by atoms with E-state index in [9.17, 15) is 14.4 Å². The van der Waals surface area contributed by atoms with Crippen molar-refractivity contribution in [1.82, 2.24) is 4.98 Å². The second-order valence-electron chi connectivity index (χ2n) is 7.58. The van der Waals surface area contributed by atoms with E-state index in [2.05, 4.69) is 15.6 Å². The number of hydrogen-bond acceptors (Lipinski definition) is 7. The topological polar surface area (TPSA) is 112 Å². The minimum absolute atomic E-state index is 0.0114. The lowest BCUT2D eigenvalue weighted by molar-refractivity contribution is -0.136. The van der Waals surface area contributed by atoms with Crippen LogP contribution in [0.1, 0.15) is 41.7 Å². The number of Topliss-reactive ketones (excluding diaryl/α,β-unsaturated/α-hetero) is 1. The average Bonchev–Trinajstić information content (AvgIpc) is 3.37. The third-order valence-electron chi connectivity index (χ3n) is 5.15. The molecule has 2 aromatic rings. The highest BCUT2D eigenvalue weighted by Crippen LogP contribution is 2.33. The van der Waals surface area contributed by atoms with Gasteiger partial charge in [0.25, 0.3) is 0 Å². The third kappa shape index (κ3) is 5.76. The first kappa shape index (κ1) is 23.1. The molecule has 3 rings (SSSR count). The molecule has 1 fully saturated rings. The molecule has 0 aliphatic heterocycles. The fraction of sp³-hybridized carbons (Fsp3) is 0.429. The lowest BCUT2D eigenvalue weighted by Gasteiger charge is -2.18. The van der Waals surface area contributed by atoms with Crippen molar-refractivity contribution in [3.05, 3.63) is 29.5 Å². The molecular weight excluding hydrogens is 436 g/mol. The number of benzene rings is 1. The molecule has 1 aliphatic carbocycles. The molecule has 1 saturated carbocycles. The molecule has 31 heavy (non-hydrogen) atoms. The molecule has 0 spiro atoms. The number of thiazole rings is 1. The lowest BCUT2D eigenvalue weighted by Crippen LogP contribution is -2.22. The van der Waals surface area contributed by atoms with Gasteiger partial charge in [0.2, 0.25) is 0 Å². The first-order valence-corrected chi connectivity index (χ1v) is 12.0. The summed E-state index contributed by atoms with van der Waals surface area (Å²) in [6.07, 6.45) is 5.47. The van der Waals surface area contributed by atoms with Crippen molar-refractivity contribution >= 4 is 57.4 Å². The number of aromatic nitrogens is 1. The number of rotatable bonds is 8. The number of anilines is 3. The number of thioether (sulfide) groups is 1. The van der Waals surface area contributed by atoms with Crippen LogP contribution in [0.4, 0.5) is 21.3 Å². The van der Waals surface area contributed by atoms with Gasteiger partial charge in [-0.2, -0.15) is 0 Å². The molecule has 8 nitrogen and oxygen atoms in total. The van der Waals surface area contributed by atoms with Crippen molar-refractivity contribution in [2.75, 3.05) is 35.9 Å². The van der Waals surface area contributed by atoms with Gasteiger partial charge in [-0.1, -0.05) is 24.2 Å². The zero-order valence-corrected chi connectivity index (χ0v) is 19.4. The molecule has 1 aromatic carbocycles. The van der Waals surface area contributed by atoms with Crippen molar-refractivity contribution in [3.63, 3.8) is 0 Å². The zero-order chi connectivity index (χ0) is 22.5. The number of nitrogens with one attached hydrogen (secondary N) is 2. The molecule has 166 valence electrons. The summed E-state index contributed by atoms with van der Waals surface area (Å²) in [7, 11) is 3.80. The molecule has 10 heteroatoms. The predicted octanol–water partition coefficient (Wildman–Crippen LogP) is 4.58. The Balaban J connectivity index is 1.79. The Labute approximate surface area is 189 Å². The Hall–Kier alpha value is -2.59. The molecule has 1 aliphatic rings. The van der Waals surface area contributed by atoms with E-state index in [1.165, 1.54) is 23.1 Å². The number of carbonyl (C=O) groups is 3. The number of carbonyl (C=O) groups excluding carboxylic acids is 2. The van der Waals surface area contributed by atoms with Crippen LogP contribution in [0.25, 0.3) is 0 Å². The summed E-state index contributed by atoms with van der Waals surface area (Å²) >= 11 is 2.61. The van der Waals surface area contributed by atoms with Gasteiger partial charge in [-0.25, -0.2) is 9.78 Å². The van der Waals surface area contributed by atoms with Crippen molar-refractivity contribution in [1.29, 1.82) is 0 Å². The van der Waals surface area contributed by atoms with Crippen molar-refractivity contribution < 1.29 is 19.5 Å². The van der Waals surface area contributed by atoms with Gasteiger partial charge in [-0.05, 0) is 37.3 Å². The van der Waals surface area contributed by atoms with Crippen LogP contribution in [-0.2, 0) is 11.2 Å². The van der Waals surface area contributed by atoms with Gasteiger partial charge in [-0.3, -0.25) is 14.9 Å². The number of urea groups is 1. The Morgan fingerprint density at radius 2 is 1.94 bits per heavy atom. The monoisotopic (exact) mass is 462 g/mol. The van der Waals surface area contributed by atoms with E-state index in [1.807, 2.05) is 37.4 Å². The number of nitrogens with zero attached hydrogens (tertiary/aromatic N) is 2. The van der Waals surface area contributed by atoms with Gasteiger partial charge in [-0.15, -0.1) is 11.8 Å². The summed E-state index contributed by atoms with van der Waals surface area (Å²) in [5, 5.41) is 14.8. The molecule has 3 N–H and O–H groups in total. The van der Waals surface area contributed by atoms with Gasteiger partial charge in [0.1, 0.15) is 0 Å². The molecule has 1 heterocycles. The number of hydrogen-bond donors (Lipinski definition) is 3. The molecule has 0 radical (unpaired) electrons. The molecule has 0 saturated heterocycles. The second-order valence-corrected chi connectivity index (χ2v) is 9.65. The van der Waals surface area contributed by atoms with Crippen LogP contribution in [-0.4, -0.2) is 48.2 Å². The van der Waals surface area contributed by atoms with Crippen molar-refractivity contribution in [2.24, 2.45) is 5.92 Å². The molecule has 1 aromatic heterocycles. The summed E-state index contributed by atoms with van der Waals surface area (Å²) < 4.78 is 0.741. The van der Waals surface area contributed by atoms with E-state index in [0.29, 0.717) is 22.1 Å². The third-order valence-corrected chi connectivity index (χ3v) is 7.31. The number of ketones is 1. The van der Waals surface area contributed by atoms with E-state index in [0.717, 1.165) is 35.6 Å². The highest BCUT2D eigenvalue weighted by atomic mass is 32.2. The van der Waals surface area contributed by atoms with Gasteiger partial charge >= 0.3 is 12.0 Å². The van der Waals surface area contributed by atoms with E-state index in [4.69, 9.17) is 5.11 Å². The van der Waals surface area contributed by atoms with Crippen molar-refractivity contribution in [2.45, 2.75) is 36.3 Å². The van der Waals surface area contributed by atoms with Crippen LogP contribution in [0.5, 0.6) is 0 Å². The number of amides is 2. The number of carboxylic acid groups (broad SMARTS) is 1. The Morgan fingerprint density at radius 3 is 2.55 bits per heavy atom. The predicted molar refractivity (Wildman–Crippen MR) is 125 cm³/mol. The minimum Gasteiger partial charge on any atom is -0.481 e. The van der Waals surface area contributed by atoms with Crippen LogP contribution in [0.2, 0.25) is 0 Å². The van der Waals surface area contributed by atoms with Crippen LogP contribution in [0.15, 0.2) is 22.4 Å².